The van der Waals surface area contributed by atoms with Crippen molar-refractivity contribution in [2.45, 2.75) is 0 Å². The Morgan fingerprint density at radius 3 is 2.52 bits per heavy atom. The first kappa shape index (κ1) is 14.4. The lowest BCUT2D eigenvalue weighted by atomic mass is 10.2. The van der Waals surface area contributed by atoms with Crippen molar-refractivity contribution in [2.75, 3.05) is 7.11 Å². The van der Waals surface area contributed by atoms with E-state index in [2.05, 4.69) is 14.7 Å². The van der Waals surface area contributed by atoms with Crippen LogP contribution in [-0.2, 0) is 4.74 Å². The topological polar surface area (TPSA) is 104 Å². The van der Waals surface area contributed by atoms with Crippen molar-refractivity contribution in [3.8, 4) is 11.6 Å². The van der Waals surface area contributed by atoms with Crippen molar-refractivity contribution in [3.05, 3.63) is 47.7 Å². The number of halogens is 1. The number of esters is 1. The number of amides is 1. The molecule has 2 rings (SSSR count). The number of hydrogen-bond donors (Lipinski definition) is 1. The van der Waals surface area contributed by atoms with Crippen LogP contribution in [0.5, 0.6) is 11.6 Å². The summed E-state index contributed by atoms with van der Waals surface area (Å²) in [6.45, 7) is 0. The molecule has 108 valence electrons. The third kappa shape index (κ3) is 3.30. The number of nitrogens with zero attached hydrogens (tertiary/aromatic N) is 2. The number of carbonyl (C=O) groups excluding carboxylic acids is 2. The van der Waals surface area contributed by atoms with Gasteiger partial charge in [-0.2, -0.15) is 0 Å². The third-order valence-corrected chi connectivity index (χ3v) is 2.45. The van der Waals surface area contributed by atoms with Gasteiger partial charge >= 0.3 is 5.97 Å². The van der Waals surface area contributed by atoms with E-state index in [1.165, 1.54) is 25.4 Å². The number of nitrogens with two attached hydrogens (primary N) is 1. The third-order valence-electron chi connectivity index (χ3n) is 2.45. The lowest BCUT2D eigenvalue weighted by Gasteiger charge is -2.06. The zero-order valence-corrected chi connectivity index (χ0v) is 10.9. The minimum absolute atomic E-state index is 0.0140. The van der Waals surface area contributed by atoms with Gasteiger partial charge in [0.15, 0.2) is 5.69 Å². The van der Waals surface area contributed by atoms with Crippen LogP contribution in [-0.4, -0.2) is 29.0 Å². The second kappa shape index (κ2) is 5.95. The molecule has 8 heteroatoms. The molecule has 21 heavy (non-hydrogen) atoms. The maximum absolute atomic E-state index is 13.5. The SMILES string of the molecule is COC(=O)c1cnc(Oc2ccc(C(N)=O)c(F)c2)cn1. The average molecular weight is 291 g/mol. The lowest BCUT2D eigenvalue weighted by molar-refractivity contribution is 0.0593. The molecule has 0 fully saturated rings. The number of methoxy groups -OCH3 is 1. The number of ether oxygens (including phenoxy) is 2. The van der Waals surface area contributed by atoms with E-state index < -0.39 is 17.7 Å². The molecule has 0 saturated carbocycles. The molecule has 1 amide bonds. The first-order chi connectivity index (χ1) is 10.0. The minimum atomic E-state index is -0.874. The first-order valence-corrected chi connectivity index (χ1v) is 5.69. The number of aromatic nitrogens is 2. The smallest absolute Gasteiger partial charge is 0.358 e. The zero-order valence-electron chi connectivity index (χ0n) is 10.9. The normalized spacial score (nSPS) is 10.0. The van der Waals surface area contributed by atoms with E-state index in [1.54, 1.807) is 0 Å². The largest absolute Gasteiger partial charge is 0.464 e. The van der Waals surface area contributed by atoms with Crippen LogP contribution in [0.2, 0.25) is 0 Å². The molecule has 0 aliphatic rings. The standard InChI is InChI=1S/C13H10FN3O4/c1-20-13(19)10-5-17-11(6-16-10)21-7-2-3-8(12(15)18)9(14)4-7/h2-6H,1H3,(H2,15,18). The van der Waals surface area contributed by atoms with E-state index in [4.69, 9.17) is 10.5 Å². The summed E-state index contributed by atoms with van der Waals surface area (Å²) in [7, 11) is 1.22. The fraction of sp³-hybridized carbons (Fsp3) is 0.0769. The monoisotopic (exact) mass is 291 g/mol. The van der Waals surface area contributed by atoms with Gasteiger partial charge in [0.2, 0.25) is 5.88 Å². The molecule has 0 aliphatic heterocycles. The van der Waals surface area contributed by atoms with Crippen molar-refractivity contribution >= 4 is 11.9 Å². The summed E-state index contributed by atoms with van der Waals surface area (Å²) in [5, 5.41) is 0. The minimum Gasteiger partial charge on any atom is -0.464 e. The molecule has 0 spiro atoms. The average Bonchev–Trinajstić information content (AvgIpc) is 2.47. The molecule has 7 nitrogen and oxygen atoms in total. The number of primary amides is 1. The molecule has 0 unspecified atom stereocenters. The van der Waals surface area contributed by atoms with Crippen LogP contribution in [0, 0.1) is 5.82 Å². The van der Waals surface area contributed by atoms with Gasteiger partial charge in [0, 0.05) is 6.07 Å². The molecule has 1 heterocycles. The van der Waals surface area contributed by atoms with Crippen molar-refractivity contribution in [2.24, 2.45) is 5.73 Å². The summed E-state index contributed by atoms with van der Waals surface area (Å²) in [4.78, 5) is 29.7. The van der Waals surface area contributed by atoms with Crippen LogP contribution in [0.4, 0.5) is 4.39 Å². The molecule has 2 N–H and O–H groups in total. The summed E-state index contributed by atoms with van der Waals surface area (Å²) in [6.07, 6.45) is 2.35. The molecule has 1 aromatic carbocycles. The Bertz CT molecular complexity index is 688. The van der Waals surface area contributed by atoms with Crippen LogP contribution < -0.4 is 10.5 Å². The molecular weight excluding hydrogens is 281 g/mol. The highest BCUT2D eigenvalue weighted by molar-refractivity contribution is 5.93. The van der Waals surface area contributed by atoms with E-state index in [0.717, 1.165) is 12.3 Å². The number of rotatable bonds is 4. The number of benzene rings is 1. The van der Waals surface area contributed by atoms with E-state index in [1.807, 2.05) is 0 Å². The Hall–Kier alpha value is -3.03. The molecule has 2 aromatic rings. The molecule has 0 atom stereocenters. The summed E-state index contributed by atoms with van der Waals surface area (Å²) in [5.74, 6) is -2.15. The van der Waals surface area contributed by atoms with E-state index in [9.17, 15) is 14.0 Å². The molecule has 0 bridgehead atoms. The highest BCUT2D eigenvalue weighted by Gasteiger charge is 2.11. The fourth-order valence-corrected chi connectivity index (χ4v) is 1.46. The molecule has 0 radical (unpaired) electrons. The van der Waals surface area contributed by atoms with E-state index in [0.29, 0.717) is 0 Å². The second-order valence-electron chi connectivity index (χ2n) is 3.84. The van der Waals surface area contributed by atoms with Crippen LogP contribution in [0.15, 0.2) is 30.6 Å². The van der Waals surface area contributed by atoms with Crippen molar-refractivity contribution in [3.63, 3.8) is 0 Å². The number of hydrogen-bond acceptors (Lipinski definition) is 6. The Balaban J connectivity index is 2.17. The van der Waals surface area contributed by atoms with Gasteiger partial charge in [-0.25, -0.2) is 19.2 Å². The molecule has 0 aliphatic carbocycles. The molecule has 1 aromatic heterocycles. The molecule has 0 saturated heterocycles. The maximum atomic E-state index is 13.5. The van der Waals surface area contributed by atoms with Crippen LogP contribution in [0.3, 0.4) is 0 Å². The Labute approximate surface area is 118 Å². The highest BCUT2D eigenvalue weighted by atomic mass is 19.1. The highest BCUT2D eigenvalue weighted by Crippen LogP contribution is 2.21. The lowest BCUT2D eigenvalue weighted by Crippen LogP contribution is -2.12. The Kier molecular flexibility index (Phi) is 4.07. The van der Waals surface area contributed by atoms with Crippen LogP contribution in [0.1, 0.15) is 20.8 Å². The Morgan fingerprint density at radius 1 is 1.24 bits per heavy atom. The van der Waals surface area contributed by atoms with Crippen molar-refractivity contribution in [1.82, 2.24) is 9.97 Å². The van der Waals surface area contributed by atoms with Crippen LogP contribution in [0.25, 0.3) is 0 Å². The van der Waals surface area contributed by atoms with Gasteiger partial charge in [-0.1, -0.05) is 0 Å². The summed E-state index contributed by atoms with van der Waals surface area (Å²) in [5.41, 5.74) is 4.76. The second-order valence-corrected chi connectivity index (χ2v) is 3.84. The zero-order chi connectivity index (χ0) is 15.4. The fourth-order valence-electron chi connectivity index (χ4n) is 1.46. The van der Waals surface area contributed by atoms with Crippen molar-refractivity contribution < 1.29 is 23.5 Å². The van der Waals surface area contributed by atoms with Crippen molar-refractivity contribution in [1.29, 1.82) is 0 Å². The van der Waals surface area contributed by atoms with E-state index in [-0.39, 0.29) is 22.9 Å². The maximum Gasteiger partial charge on any atom is 0.358 e. The van der Waals surface area contributed by atoms with Gasteiger partial charge in [0.1, 0.15) is 11.6 Å². The van der Waals surface area contributed by atoms with Gasteiger partial charge in [0.25, 0.3) is 5.91 Å². The van der Waals surface area contributed by atoms with E-state index >= 15 is 0 Å². The van der Waals surface area contributed by atoms with Gasteiger partial charge in [-0.15, -0.1) is 0 Å². The van der Waals surface area contributed by atoms with Gasteiger partial charge in [-0.05, 0) is 12.1 Å². The summed E-state index contributed by atoms with van der Waals surface area (Å²) in [6, 6.07) is 3.55. The van der Waals surface area contributed by atoms with Gasteiger partial charge in [-0.3, -0.25) is 4.79 Å². The predicted octanol–water partition coefficient (Wildman–Crippen LogP) is 1.29. The van der Waals surface area contributed by atoms with Crippen LogP contribution >= 0.6 is 0 Å². The van der Waals surface area contributed by atoms with Gasteiger partial charge < -0.3 is 15.2 Å². The van der Waals surface area contributed by atoms with Gasteiger partial charge in [0.05, 0.1) is 25.1 Å². The molecular formula is C13H10FN3O4. The number of carbonyl (C=O) groups is 2. The predicted molar refractivity (Wildman–Crippen MR) is 68.4 cm³/mol. The summed E-state index contributed by atoms with van der Waals surface area (Å²) >= 11 is 0. The Morgan fingerprint density at radius 2 is 2.00 bits per heavy atom. The summed E-state index contributed by atoms with van der Waals surface area (Å²) < 4.78 is 23.3. The quantitative estimate of drug-likeness (QED) is 0.851. The first-order valence-electron chi connectivity index (χ1n) is 5.69.